The molecule has 4 rings (SSSR count). The summed E-state index contributed by atoms with van der Waals surface area (Å²) in [6, 6.07) is 10.0. The fourth-order valence-electron chi connectivity index (χ4n) is 3.38. The van der Waals surface area contributed by atoms with Crippen molar-refractivity contribution in [3.8, 4) is 5.75 Å². The molecule has 0 unspecified atom stereocenters. The van der Waals surface area contributed by atoms with Gasteiger partial charge in [0.05, 0.1) is 26.5 Å². The second-order valence-electron chi connectivity index (χ2n) is 7.16. The Morgan fingerprint density at radius 2 is 2.06 bits per heavy atom. The summed E-state index contributed by atoms with van der Waals surface area (Å²) in [5.41, 5.74) is 1.56. The number of ether oxygens (including phenoxy) is 2. The first-order valence-electron chi connectivity index (χ1n) is 9.64. The Bertz CT molecular complexity index is 1030. The first-order chi connectivity index (χ1) is 14.9. The first-order valence-corrected chi connectivity index (χ1v) is 12.4. The molecule has 0 bridgehead atoms. The van der Waals surface area contributed by atoms with E-state index >= 15 is 0 Å². The normalized spacial score (nSPS) is 20.2. The number of thioether (sulfide) groups is 1. The van der Waals surface area contributed by atoms with Crippen LogP contribution < -0.4 is 4.74 Å². The molecule has 2 saturated heterocycles. The summed E-state index contributed by atoms with van der Waals surface area (Å²) in [4.78, 5) is 15.1. The minimum Gasteiger partial charge on any atom is -0.487 e. The van der Waals surface area contributed by atoms with E-state index in [2.05, 4.69) is 31.9 Å². The predicted octanol–water partition coefficient (Wildman–Crippen LogP) is 6.31. The highest BCUT2D eigenvalue weighted by atomic mass is 79.9. The third-order valence-corrected chi connectivity index (χ3v) is 7.43. The molecule has 2 heterocycles. The van der Waals surface area contributed by atoms with Crippen LogP contribution in [0.1, 0.15) is 24.0 Å². The number of thiocarbonyl (C=S) groups is 1. The Morgan fingerprint density at radius 3 is 2.74 bits per heavy atom. The molecule has 1 atom stereocenters. The van der Waals surface area contributed by atoms with Gasteiger partial charge in [-0.1, -0.05) is 36.1 Å². The molecule has 0 aliphatic carbocycles. The molecule has 2 fully saturated rings. The molecule has 2 aliphatic rings. The van der Waals surface area contributed by atoms with Crippen LogP contribution in [0, 0.1) is 5.82 Å². The van der Waals surface area contributed by atoms with Crippen molar-refractivity contribution in [3.05, 3.63) is 67.2 Å². The SMILES string of the molecule is O=C1/C(=C/c2cc(Br)c(OCc3cccc(F)c3)c(Br)c2)SC(=S)N1C[C@@H]1CCCO1. The van der Waals surface area contributed by atoms with Gasteiger partial charge in [0.15, 0.2) is 0 Å². The molecule has 0 aromatic heterocycles. The van der Waals surface area contributed by atoms with Crippen LogP contribution in [0.2, 0.25) is 0 Å². The second kappa shape index (κ2) is 10.1. The Labute approximate surface area is 206 Å². The lowest BCUT2D eigenvalue weighted by Gasteiger charge is -2.18. The lowest BCUT2D eigenvalue weighted by molar-refractivity contribution is -0.123. The van der Waals surface area contributed by atoms with Gasteiger partial charge in [0.2, 0.25) is 0 Å². The van der Waals surface area contributed by atoms with Crippen molar-refractivity contribution in [2.75, 3.05) is 13.2 Å². The summed E-state index contributed by atoms with van der Waals surface area (Å²) < 4.78 is 26.9. The molecule has 0 N–H and O–H groups in total. The van der Waals surface area contributed by atoms with Crippen LogP contribution in [-0.4, -0.2) is 34.4 Å². The molecule has 162 valence electrons. The Balaban J connectivity index is 1.48. The monoisotopic (exact) mass is 585 g/mol. The summed E-state index contributed by atoms with van der Waals surface area (Å²) in [5.74, 6) is 0.211. The van der Waals surface area contributed by atoms with Gasteiger partial charge >= 0.3 is 0 Å². The van der Waals surface area contributed by atoms with Crippen LogP contribution in [0.15, 0.2) is 50.2 Å². The molecule has 0 radical (unpaired) electrons. The van der Waals surface area contributed by atoms with Crippen LogP contribution in [0.3, 0.4) is 0 Å². The molecule has 9 heteroatoms. The molecular weight excluding hydrogens is 569 g/mol. The van der Waals surface area contributed by atoms with Crippen molar-refractivity contribution in [1.29, 1.82) is 0 Å². The van der Waals surface area contributed by atoms with Crippen molar-refractivity contribution in [2.45, 2.75) is 25.6 Å². The minimum absolute atomic E-state index is 0.0552. The summed E-state index contributed by atoms with van der Waals surface area (Å²) in [6.45, 7) is 1.48. The number of rotatable bonds is 6. The molecule has 2 aliphatic heterocycles. The molecular formula is C22H18Br2FNO3S2. The molecule has 0 spiro atoms. The second-order valence-corrected chi connectivity index (χ2v) is 10.5. The van der Waals surface area contributed by atoms with E-state index in [4.69, 9.17) is 21.7 Å². The van der Waals surface area contributed by atoms with Gasteiger partial charge in [0.1, 0.15) is 22.5 Å². The number of carbonyl (C=O) groups excluding carboxylic acids is 1. The van der Waals surface area contributed by atoms with Crippen LogP contribution >= 0.6 is 55.8 Å². The van der Waals surface area contributed by atoms with Gasteiger partial charge in [0, 0.05) is 6.61 Å². The maximum absolute atomic E-state index is 13.4. The number of nitrogens with zero attached hydrogens (tertiary/aromatic N) is 1. The maximum Gasteiger partial charge on any atom is 0.266 e. The van der Waals surface area contributed by atoms with E-state index in [1.165, 1.54) is 23.9 Å². The fraction of sp³-hybridized carbons (Fsp3) is 0.273. The van der Waals surface area contributed by atoms with Crippen molar-refractivity contribution < 1.29 is 18.7 Å². The predicted molar refractivity (Wildman–Crippen MR) is 131 cm³/mol. The molecule has 31 heavy (non-hydrogen) atoms. The summed E-state index contributed by atoms with van der Waals surface area (Å²) in [5, 5.41) is 0. The lowest BCUT2D eigenvalue weighted by Crippen LogP contribution is -2.35. The Morgan fingerprint density at radius 1 is 1.29 bits per heavy atom. The van der Waals surface area contributed by atoms with E-state index in [0.717, 1.165) is 39.5 Å². The van der Waals surface area contributed by atoms with Gasteiger partial charge in [-0.2, -0.15) is 0 Å². The number of halogens is 3. The van der Waals surface area contributed by atoms with Crippen LogP contribution in [-0.2, 0) is 16.1 Å². The molecule has 2 aromatic rings. The number of amides is 1. The van der Waals surface area contributed by atoms with Crippen LogP contribution in [0.4, 0.5) is 4.39 Å². The van der Waals surface area contributed by atoms with Gasteiger partial charge < -0.3 is 9.47 Å². The average molecular weight is 587 g/mol. The highest BCUT2D eigenvalue weighted by Gasteiger charge is 2.34. The van der Waals surface area contributed by atoms with E-state index in [1.807, 2.05) is 18.2 Å². The highest BCUT2D eigenvalue weighted by molar-refractivity contribution is 9.11. The number of hydrogen-bond donors (Lipinski definition) is 0. The van der Waals surface area contributed by atoms with E-state index in [1.54, 1.807) is 17.0 Å². The number of carbonyl (C=O) groups is 1. The average Bonchev–Trinajstić information content (AvgIpc) is 3.32. The van der Waals surface area contributed by atoms with Crippen molar-refractivity contribution in [1.82, 2.24) is 4.90 Å². The van der Waals surface area contributed by atoms with Crippen molar-refractivity contribution in [2.24, 2.45) is 0 Å². The fourth-order valence-corrected chi connectivity index (χ4v) is 6.11. The quantitative estimate of drug-likeness (QED) is 0.293. The van der Waals surface area contributed by atoms with E-state index in [0.29, 0.717) is 21.5 Å². The lowest BCUT2D eigenvalue weighted by atomic mass is 10.2. The summed E-state index contributed by atoms with van der Waals surface area (Å²) in [6.07, 6.45) is 3.85. The molecule has 0 saturated carbocycles. The van der Waals surface area contributed by atoms with E-state index in [-0.39, 0.29) is 24.4 Å². The van der Waals surface area contributed by atoms with E-state index in [9.17, 15) is 9.18 Å². The zero-order valence-electron chi connectivity index (χ0n) is 16.3. The van der Waals surface area contributed by atoms with Crippen LogP contribution in [0.5, 0.6) is 5.75 Å². The maximum atomic E-state index is 13.4. The van der Waals surface area contributed by atoms with Crippen molar-refractivity contribution in [3.63, 3.8) is 0 Å². The molecule has 4 nitrogen and oxygen atoms in total. The zero-order valence-corrected chi connectivity index (χ0v) is 21.1. The van der Waals surface area contributed by atoms with Gasteiger partial charge in [-0.15, -0.1) is 0 Å². The number of benzene rings is 2. The molecule has 2 aromatic carbocycles. The topological polar surface area (TPSA) is 38.8 Å². The molecule has 1 amide bonds. The smallest absolute Gasteiger partial charge is 0.266 e. The number of hydrogen-bond acceptors (Lipinski definition) is 5. The summed E-state index contributed by atoms with van der Waals surface area (Å²) >= 11 is 13.8. The minimum atomic E-state index is -0.300. The van der Waals surface area contributed by atoms with E-state index < -0.39 is 0 Å². The van der Waals surface area contributed by atoms with Gasteiger partial charge in [-0.05, 0) is 86.2 Å². The van der Waals surface area contributed by atoms with Gasteiger partial charge in [0.25, 0.3) is 5.91 Å². The third kappa shape index (κ3) is 5.57. The van der Waals surface area contributed by atoms with Gasteiger partial charge in [-0.25, -0.2) is 4.39 Å². The van der Waals surface area contributed by atoms with Crippen molar-refractivity contribution >= 4 is 72.1 Å². The van der Waals surface area contributed by atoms with Crippen LogP contribution in [0.25, 0.3) is 6.08 Å². The van der Waals surface area contributed by atoms with Gasteiger partial charge in [-0.3, -0.25) is 9.69 Å². The highest BCUT2D eigenvalue weighted by Crippen LogP contribution is 2.38. The Hall–Kier alpha value is -1.26. The summed E-state index contributed by atoms with van der Waals surface area (Å²) in [7, 11) is 0. The Kier molecular flexibility index (Phi) is 7.48. The first kappa shape index (κ1) is 22.9. The zero-order chi connectivity index (χ0) is 22.0. The third-order valence-electron chi connectivity index (χ3n) is 4.87. The largest absolute Gasteiger partial charge is 0.487 e. The standard InChI is InChI=1S/C22H18Br2FNO3S2/c23-17-8-14(9-18(24)20(17)29-12-13-3-1-4-15(25)7-13)10-19-21(27)26(22(30)31-19)11-16-5-2-6-28-16/h1,3-4,7-10,16H,2,5-6,11-12H2/b19-10-/t16-/m0/s1.